The molecule has 5 heteroatoms. The molecule has 1 fully saturated rings. The summed E-state index contributed by atoms with van der Waals surface area (Å²) in [6, 6.07) is 0. The van der Waals surface area contributed by atoms with E-state index in [1.807, 2.05) is 4.57 Å². The highest BCUT2D eigenvalue weighted by Crippen LogP contribution is 2.26. The van der Waals surface area contributed by atoms with Gasteiger partial charge in [-0.2, -0.15) is 5.10 Å². The van der Waals surface area contributed by atoms with E-state index in [2.05, 4.69) is 17.1 Å². The lowest BCUT2D eigenvalue weighted by molar-refractivity contribution is 0.161. The van der Waals surface area contributed by atoms with Crippen LogP contribution in [-0.2, 0) is 10.3 Å². The molecule has 1 saturated heterocycles. The summed E-state index contributed by atoms with van der Waals surface area (Å²) in [5.74, 6) is 0. The first-order valence-electron chi connectivity index (χ1n) is 3.93. The maximum absolute atomic E-state index is 5.33. The fourth-order valence-corrected chi connectivity index (χ4v) is 1.80. The lowest BCUT2D eigenvalue weighted by Gasteiger charge is -2.22. The quantitative estimate of drug-likeness (QED) is 0.666. The van der Waals surface area contributed by atoms with Crippen LogP contribution in [0.2, 0.25) is 0 Å². The van der Waals surface area contributed by atoms with E-state index in [4.69, 9.17) is 17.0 Å². The van der Waals surface area contributed by atoms with Gasteiger partial charge in [0.2, 0.25) is 0 Å². The van der Waals surface area contributed by atoms with Gasteiger partial charge in [-0.05, 0) is 25.6 Å². The van der Waals surface area contributed by atoms with Gasteiger partial charge in [0, 0.05) is 6.61 Å². The van der Waals surface area contributed by atoms with Crippen molar-refractivity contribution in [2.45, 2.75) is 18.9 Å². The minimum Gasteiger partial charge on any atom is -0.379 e. The highest BCUT2D eigenvalue weighted by atomic mass is 32.1. The van der Waals surface area contributed by atoms with Gasteiger partial charge >= 0.3 is 0 Å². The molecule has 2 heterocycles. The van der Waals surface area contributed by atoms with Gasteiger partial charge in [0.1, 0.15) is 6.33 Å². The maximum Gasteiger partial charge on any atom is 0.195 e. The topological polar surface area (TPSA) is 42.8 Å². The van der Waals surface area contributed by atoms with Crippen LogP contribution in [-0.4, -0.2) is 28.0 Å². The molecule has 1 aromatic heterocycles. The largest absolute Gasteiger partial charge is 0.379 e. The van der Waals surface area contributed by atoms with E-state index in [9.17, 15) is 0 Å². The van der Waals surface area contributed by atoms with Gasteiger partial charge in [0.05, 0.1) is 12.1 Å². The molecule has 1 unspecified atom stereocenters. The van der Waals surface area contributed by atoms with Crippen LogP contribution in [0, 0.1) is 4.77 Å². The van der Waals surface area contributed by atoms with Crippen LogP contribution in [0.25, 0.3) is 0 Å². The fourth-order valence-electron chi connectivity index (χ4n) is 1.48. The first-order chi connectivity index (χ1) is 5.72. The molecule has 0 spiro atoms. The van der Waals surface area contributed by atoms with Gasteiger partial charge in [-0.3, -0.25) is 9.67 Å². The normalized spacial score (nSPS) is 29.4. The highest BCUT2D eigenvalue weighted by Gasteiger charge is 2.32. The number of nitrogens with one attached hydrogen (secondary N) is 1. The van der Waals surface area contributed by atoms with Crippen LogP contribution in [0.4, 0.5) is 0 Å². The monoisotopic (exact) mass is 185 g/mol. The van der Waals surface area contributed by atoms with Gasteiger partial charge in [-0.1, -0.05) is 0 Å². The summed E-state index contributed by atoms with van der Waals surface area (Å²) < 4.78 is 7.97. The smallest absolute Gasteiger partial charge is 0.195 e. The number of aromatic nitrogens is 3. The Kier molecular flexibility index (Phi) is 1.77. The molecular formula is C7H11N3OS. The van der Waals surface area contributed by atoms with Crippen molar-refractivity contribution in [1.29, 1.82) is 0 Å². The van der Waals surface area contributed by atoms with E-state index in [0.29, 0.717) is 4.77 Å². The lowest BCUT2D eigenvalue weighted by Crippen LogP contribution is -2.29. The molecule has 0 amide bonds. The molecule has 0 aliphatic carbocycles. The average Bonchev–Trinajstić information content (AvgIpc) is 2.59. The van der Waals surface area contributed by atoms with E-state index in [1.165, 1.54) is 0 Å². The van der Waals surface area contributed by atoms with Crippen molar-refractivity contribution in [2.75, 3.05) is 13.2 Å². The minimum atomic E-state index is 0.00405. The van der Waals surface area contributed by atoms with Gasteiger partial charge in [-0.15, -0.1) is 0 Å². The molecule has 1 aliphatic rings. The third-order valence-electron chi connectivity index (χ3n) is 2.33. The number of hydrogen-bond acceptors (Lipinski definition) is 3. The molecule has 66 valence electrons. The van der Waals surface area contributed by atoms with Crippen molar-refractivity contribution in [3.63, 3.8) is 0 Å². The molecule has 0 bridgehead atoms. The van der Waals surface area contributed by atoms with Crippen LogP contribution in [0.3, 0.4) is 0 Å². The van der Waals surface area contributed by atoms with Crippen molar-refractivity contribution in [3.05, 3.63) is 11.1 Å². The van der Waals surface area contributed by atoms with Gasteiger partial charge in [-0.25, -0.2) is 0 Å². The number of aromatic amines is 1. The molecule has 0 radical (unpaired) electrons. The number of hydrogen-bond donors (Lipinski definition) is 1. The van der Waals surface area contributed by atoms with Crippen LogP contribution in [0.1, 0.15) is 13.3 Å². The molecule has 0 aromatic carbocycles. The van der Waals surface area contributed by atoms with Crippen molar-refractivity contribution >= 4 is 12.2 Å². The summed E-state index contributed by atoms with van der Waals surface area (Å²) in [7, 11) is 0. The Morgan fingerprint density at radius 1 is 1.83 bits per heavy atom. The number of ether oxygens (including phenoxy) is 1. The molecule has 1 aliphatic heterocycles. The van der Waals surface area contributed by atoms with E-state index < -0.39 is 0 Å². The van der Waals surface area contributed by atoms with Gasteiger partial charge in [0.15, 0.2) is 4.77 Å². The maximum atomic E-state index is 5.33. The lowest BCUT2D eigenvalue weighted by atomic mass is 10.0. The molecule has 1 atom stereocenters. The zero-order valence-corrected chi connectivity index (χ0v) is 7.73. The first-order valence-corrected chi connectivity index (χ1v) is 4.33. The Hall–Kier alpha value is -0.680. The third-order valence-corrected chi connectivity index (χ3v) is 2.62. The van der Waals surface area contributed by atoms with Crippen LogP contribution < -0.4 is 0 Å². The van der Waals surface area contributed by atoms with Crippen LogP contribution in [0.5, 0.6) is 0 Å². The Bertz CT molecular complexity index is 323. The van der Waals surface area contributed by atoms with Crippen LogP contribution in [0.15, 0.2) is 6.33 Å². The number of H-pyrrole nitrogens is 1. The van der Waals surface area contributed by atoms with Gasteiger partial charge < -0.3 is 4.74 Å². The Morgan fingerprint density at radius 3 is 3.17 bits per heavy atom. The first kappa shape index (κ1) is 7.94. The minimum absolute atomic E-state index is 0.00405. The zero-order chi connectivity index (χ0) is 8.60. The summed E-state index contributed by atoms with van der Waals surface area (Å²) in [6.07, 6.45) is 2.73. The van der Waals surface area contributed by atoms with E-state index in [1.54, 1.807) is 6.33 Å². The third kappa shape index (κ3) is 1.09. The van der Waals surface area contributed by atoms with Crippen molar-refractivity contribution in [1.82, 2.24) is 14.8 Å². The SMILES string of the molecule is CC1(n2cn[nH]c2=S)CCOC1. The second kappa shape index (κ2) is 2.67. The van der Waals surface area contributed by atoms with Crippen molar-refractivity contribution in [3.8, 4) is 0 Å². The summed E-state index contributed by atoms with van der Waals surface area (Å²) >= 11 is 5.08. The zero-order valence-electron chi connectivity index (χ0n) is 6.91. The Balaban J connectivity index is 2.41. The predicted molar refractivity (Wildman–Crippen MR) is 46.5 cm³/mol. The van der Waals surface area contributed by atoms with Gasteiger partial charge in [0.25, 0.3) is 0 Å². The van der Waals surface area contributed by atoms with E-state index >= 15 is 0 Å². The number of nitrogens with zero attached hydrogens (tertiary/aromatic N) is 2. The standard InChI is InChI=1S/C7H11N3OS/c1-7(2-3-11-4-7)10-5-8-9-6(10)12/h5H,2-4H2,1H3,(H,9,12). The molecular weight excluding hydrogens is 174 g/mol. The summed E-state index contributed by atoms with van der Waals surface area (Å²) in [5.41, 5.74) is 0.00405. The average molecular weight is 185 g/mol. The van der Waals surface area contributed by atoms with Crippen LogP contribution >= 0.6 is 12.2 Å². The fraction of sp³-hybridized carbons (Fsp3) is 0.714. The van der Waals surface area contributed by atoms with E-state index in [-0.39, 0.29) is 5.54 Å². The molecule has 2 rings (SSSR count). The second-order valence-corrected chi connectivity index (χ2v) is 3.72. The molecule has 0 saturated carbocycles. The van der Waals surface area contributed by atoms with E-state index in [0.717, 1.165) is 19.6 Å². The summed E-state index contributed by atoms with van der Waals surface area (Å²) in [4.78, 5) is 0. The molecule has 4 nitrogen and oxygen atoms in total. The highest BCUT2D eigenvalue weighted by molar-refractivity contribution is 7.71. The molecule has 1 aromatic rings. The summed E-state index contributed by atoms with van der Waals surface area (Å²) in [6.45, 7) is 3.66. The predicted octanol–water partition coefficient (Wildman–Crippen LogP) is 1.08. The Morgan fingerprint density at radius 2 is 2.67 bits per heavy atom. The summed E-state index contributed by atoms with van der Waals surface area (Å²) in [5, 5.41) is 6.63. The molecule has 1 N–H and O–H groups in total. The van der Waals surface area contributed by atoms with Crippen molar-refractivity contribution < 1.29 is 4.74 Å². The molecule has 12 heavy (non-hydrogen) atoms. The van der Waals surface area contributed by atoms with Crippen molar-refractivity contribution in [2.24, 2.45) is 0 Å². The number of rotatable bonds is 1. The second-order valence-electron chi connectivity index (χ2n) is 3.33. The Labute approximate surface area is 75.5 Å².